The van der Waals surface area contributed by atoms with Crippen molar-refractivity contribution in [2.45, 2.75) is 19.6 Å². The molecule has 0 radical (unpaired) electrons. The number of nitrogens with zero attached hydrogens (tertiary/aromatic N) is 2. The van der Waals surface area contributed by atoms with Crippen LogP contribution in [0, 0.1) is 6.92 Å². The molecule has 1 unspecified atom stereocenters. The second-order valence-corrected chi connectivity index (χ2v) is 6.33. The molecule has 0 saturated carbocycles. The van der Waals surface area contributed by atoms with E-state index in [0.717, 1.165) is 36.9 Å². The van der Waals surface area contributed by atoms with Gasteiger partial charge in [0.25, 0.3) is 0 Å². The molecule has 1 aliphatic heterocycles. The van der Waals surface area contributed by atoms with Gasteiger partial charge in [0.05, 0.1) is 18.4 Å². The number of aromatic nitrogens is 1. The molecule has 1 fully saturated rings. The average molecular weight is 340 g/mol. The van der Waals surface area contributed by atoms with Crippen molar-refractivity contribution in [1.82, 2.24) is 9.88 Å². The number of hydrogen-bond acceptors (Lipinski definition) is 5. The van der Waals surface area contributed by atoms with E-state index >= 15 is 0 Å². The van der Waals surface area contributed by atoms with Crippen LogP contribution >= 0.6 is 23.7 Å². The number of nitrogens with two attached hydrogens (primary N) is 1. The molecule has 1 saturated heterocycles. The summed E-state index contributed by atoms with van der Waals surface area (Å²) in [5.41, 5.74) is 9.29. The first-order valence-corrected chi connectivity index (χ1v) is 8.18. The summed E-state index contributed by atoms with van der Waals surface area (Å²) < 4.78 is 5.60. The van der Waals surface area contributed by atoms with E-state index in [-0.39, 0.29) is 18.5 Å². The normalized spacial score (nSPS) is 18.9. The molecule has 3 rings (SSSR count). The average Bonchev–Trinajstić information content (AvgIpc) is 2.96. The number of rotatable bonds is 4. The van der Waals surface area contributed by atoms with Gasteiger partial charge in [0, 0.05) is 37.1 Å². The standard InChI is InChI=1S/C16H21N3OS.ClH/c1-12-2-4-13(5-3-12)16-18-14(11-21-16)9-19-6-7-20-15(8-17)10-19;/h2-5,11,15H,6-10,17H2,1H3;1H. The van der Waals surface area contributed by atoms with E-state index in [4.69, 9.17) is 15.5 Å². The lowest BCUT2D eigenvalue weighted by Gasteiger charge is -2.31. The van der Waals surface area contributed by atoms with Crippen molar-refractivity contribution in [2.75, 3.05) is 26.2 Å². The minimum absolute atomic E-state index is 0. The Bertz CT molecular complexity index is 587. The molecule has 0 spiro atoms. The lowest BCUT2D eigenvalue weighted by Crippen LogP contribution is -2.45. The van der Waals surface area contributed by atoms with Gasteiger partial charge in [0.15, 0.2) is 0 Å². The lowest BCUT2D eigenvalue weighted by atomic mass is 10.2. The fourth-order valence-corrected chi connectivity index (χ4v) is 3.32. The monoisotopic (exact) mass is 339 g/mol. The SMILES string of the molecule is Cc1ccc(-c2nc(CN3CCOC(CN)C3)cs2)cc1.Cl. The van der Waals surface area contributed by atoms with E-state index in [0.29, 0.717) is 6.54 Å². The van der Waals surface area contributed by atoms with Gasteiger partial charge in [-0.15, -0.1) is 23.7 Å². The van der Waals surface area contributed by atoms with Gasteiger partial charge < -0.3 is 10.5 Å². The molecule has 1 aromatic carbocycles. The van der Waals surface area contributed by atoms with Crippen LogP contribution in [-0.2, 0) is 11.3 Å². The zero-order valence-electron chi connectivity index (χ0n) is 12.7. The molecule has 0 bridgehead atoms. The molecule has 0 aliphatic carbocycles. The number of halogens is 1. The Kier molecular flexibility index (Phi) is 6.35. The van der Waals surface area contributed by atoms with Crippen LogP contribution in [0.4, 0.5) is 0 Å². The second-order valence-electron chi connectivity index (χ2n) is 5.47. The van der Waals surface area contributed by atoms with Gasteiger partial charge in [0.2, 0.25) is 0 Å². The zero-order valence-corrected chi connectivity index (χ0v) is 14.3. The van der Waals surface area contributed by atoms with Gasteiger partial charge in [-0.2, -0.15) is 0 Å². The number of benzene rings is 1. The van der Waals surface area contributed by atoms with Crippen LogP contribution in [0.2, 0.25) is 0 Å². The maximum absolute atomic E-state index is 5.69. The van der Waals surface area contributed by atoms with Crippen LogP contribution in [0.15, 0.2) is 29.6 Å². The third-order valence-electron chi connectivity index (χ3n) is 3.72. The van der Waals surface area contributed by atoms with Crippen molar-refractivity contribution in [1.29, 1.82) is 0 Å². The van der Waals surface area contributed by atoms with Crippen LogP contribution in [0.3, 0.4) is 0 Å². The summed E-state index contributed by atoms with van der Waals surface area (Å²) in [7, 11) is 0. The summed E-state index contributed by atoms with van der Waals surface area (Å²) in [5.74, 6) is 0. The topological polar surface area (TPSA) is 51.4 Å². The highest BCUT2D eigenvalue weighted by molar-refractivity contribution is 7.13. The number of hydrogen-bond donors (Lipinski definition) is 1. The molecule has 0 amide bonds. The summed E-state index contributed by atoms with van der Waals surface area (Å²) in [4.78, 5) is 7.13. The van der Waals surface area contributed by atoms with Crippen LogP contribution < -0.4 is 5.73 Å². The zero-order chi connectivity index (χ0) is 14.7. The third-order valence-corrected chi connectivity index (χ3v) is 4.66. The third kappa shape index (κ3) is 4.27. The van der Waals surface area contributed by atoms with Crippen molar-refractivity contribution in [3.8, 4) is 10.6 Å². The largest absolute Gasteiger partial charge is 0.374 e. The van der Waals surface area contributed by atoms with E-state index in [2.05, 4.69) is 41.5 Å². The predicted molar refractivity (Wildman–Crippen MR) is 93.6 cm³/mol. The summed E-state index contributed by atoms with van der Waals surface area (Å²) in [6.07, 6.45) is 0.161. The summed E-state index contributed by atoms with van der Waals surface area (Å²) in [6, 6.07) is 8.53. The minimum Gasteiger partial charge on any atom is -0.374 e. The lowest BCUT2D eigenvalue weighted by molar-refractivity contribution is -0.0263. The summed E-state index contributed by atoms with van der Waals surface area (Å²) in [5, 5.41) is 3.25. The fourth-order valence-electron chi connectivity index (χ4n) is 2.50. The Morgan fingerprint density at radius 1 is 1.36 bits per heavy atom. The highest BCUT2D eigenvalue weighted by Gasteiger charge is 2.20. The van der Waals surface area contributed by atoms with Crippen LogP contribution in [0.5, 0.6) is 0 Å². The first-order chi connectivity index (χ1) is 10.2. The highest BCUT2D eigenvalue weighted by atomic mass is 35.5. The molecule has 6 heteroatoms. The number of ether oxygens (including phenoxy) is 1. The quantitative estimate of drug-likeness (QED) is 0.930. The van der Waals surface area contributed by atoms with Crippen molar-refractivity contribution < 1.29 is 4.74 Å². The predicted octanol–water partition coefficient (Wildman–Crippen LogP) is 2.70. The Labute approximate surface area is 141 Å². The van der Waals surface area contributed by atoms with E-state index < -0.39 is 0 Å². The Morgan fingerprint density at radius 2 is 2.14 bits per heavy atom. The highest BCUT2D eigenvalue weighted by Crippen LogP contribution is 2.24. The molecule has 2 N–H and O–H groups in total. The van der Waals surface area contributed by atoms with E-state index in [9.17, 15) is 0 Å². The minimum atomic E-state index is 0. The summed E-state index contributed by atoms with van der Waals surface area (Å²) in [6.45, 7) is 6.17. The van der Waals surface area contributed by atoms with Gasteiger partial charge in [-0.1, -0.05) is 29.8 Å². The van der Waals surface area contributed by atoms with Gasteiger partial charge in [-0.05, 0) is 6.92 Å². The first kappa shape index (κ1) is 17.4. The Morgan fingerprint density at radius 3 is 2.86 bits per heavy atom. The number of morpholine rings is 1. The molecule has 2 aromatic rings. The molecule has 120 valence electrons. The summed E-state index contributed by atoms with van der Waals surface area (Å²) >= 11 is 1.71. The van der Waals surface area contributed by atoms with E-state index in [1.165, 1.54) is 11.1 Å². The maximum atomic E-state index is 5.69. The fraction of sp³-hybridized carbons (Fsp3) is 0.438. The van der Waals surface area contributed by atoms with E-state index in [1.54, 1.807) is 11.3 Å². The molecular weight excluding hydrogens is 318 g/mol. The van der Waals surface area contributed by atoms with Crippen molar-refractivity contribution in [3.05, 3.63) is 40.9 Å². The molecule has 2 heterocycles. The number of thiazole rings is 1. The van der Waals surface area contributed by atoms with Crippen molar-refractivity contribution in [3.63, 3.8) is 0 Å². The van der Waals surface area contributed by atoms with Gasteiger partial charge in [-0.25, -0.2) is 4.98 Å². The molecule has 1 aromatic heterocycles. The molecular formula is C16H22ClN3OS. The van der Waals surface area contributed by atoms with Gasteiger partial charge in [0.1, 0.15) is 5.01 Å². The van der Waals surface area contributed by atoms with Gasteiger partial charge >= 0.3 is 0 Å². The molecule has 1 aliphatic rings. The van der Waals surface area contributed by atoms with Gasteiger partial charge in [-0.3, -0.25) is 4.90 Å². The van der Waals surface area contributed by atoms with Crippen LogP contribution in [0.1, 0.15) is 11.3 Å². The van der Waals surface area contributed by atoms with Crippen molar-refractivity contribution in [2.24, 2.45) is 5.73 Å². The first-order valence-electron chi connectivity index (χ1n) is 7.30. The molecule has 22 heavy (non-hydrogen) atoms. The number of aryl methyl sites for hydroxylation is 1. The van der Waals surface area contributed by atoms with Crippen molar-refractivity contribution >= 4 is 23.7 Å². The van der Waals surface area contributed by atoms with Crippen LogP contribution in [-0.4, -0.2) is 42.2 Å². The van der Waals surface area contributed by atoms with Crippen LogP contribution in [0.25, 0.3) is 10.6 Å². The maximum Gasteiger partial charge on any atom is 0.123 e. The second kappa shape index (κ2) is 8.04. The van der Waals surface area contributed by atoms with E-state index in [1.807, 2.05) is 0 Å². The Hall–Kier alpha value is -0.980. The molecule has 1 atom stereocenters. The molecule has 4 nitrogen and oxygen atoms in total. The smallest absolute Gasteiger partial charge is 0.123 e. The Balaban J connectivity index is 0.00000176.